The van der Waals surface area contributed by atoms with Crippen LogP contribution in [0.1, 0.15) is 21.5 Å². The van der Waals surface area contributed by atoms with Crippen molar-refractivity contribution < 1.29 is 13.2 Å². The Balaban J connectivity index is 2.03. The Labute approximate surface area is 162 Å². The number of nitrogens with zero attached hydrogens (tertiary/aromatic N) is 2. The first-order valence-corrected chi connectivity index (χ1v) is 9.85. The first-order chi connectivity index (χ1) is 12.8. The second-order valence-electron chi connectivity index (χ2n) is 5.96. The number of nitrogens with one attached hydrogen (secondary N) is 1. The van der Waals surface area contributed by atoms with Gasteiger partial charge in [-0.3, -0.25) is 4.79 Å². The summed E-state index contributed by atoms with van der Waals surface area (Å²) in [5.41, 5.74) is 3.60. The van der Waals surface area contributed by atoms with Gasteiger partial charge in [0.2, 0.25) is 5.95 Å². The third-order valence-corrected chi connectivity index (χ3v) is 5.48. The van der Waals surface area contributed by atoms with Crippen LogP contribution in [0.5, 0.6) is 0 Å². The standard InChI is InChI=1S/C19H16ClN3O3S/c1-12-5-3-6-13(2)18(12)16-10-17(20)22-19(21-16)23-27(25,26)15-8-4-7-14(9-15)11-24/h3-11H,1-2H3,(H,21,22,23). The van der Waals surface area contributed by atoms with Gasteiger partial charge in [-0.05, 0) is 37.1 Å². The highest BCUT2D eigenvalue weighted by atomic mass is 35.5. The van der Waals surface area contributed by atoms with Gasteiger partial charge in [0, 0.05) is 17.2 Å². The van der Waals surface area contributed by atoms with E-state index < -0.39 is 10.0 Å². The summed E-state index contributed by atoms with van der Waals surface area (Å²) in [6.45, 7) is 3.88. The van der Waals surface area contributed by atoms with Crippen LogP contribution in [-0.2, 0) is 10.0 Å². The van der Waals surface area contributed by atoms with Crippen molar-refractivity contribution in [3.05, 3.63) is 70.4 Å². The first-order valence-electron chi connectivity index (χ1n) is 7.99. The van der Waals surface area contributed by atoms with Crippen molar-refractivity contribution in [3.63, 3.8) is 0 Å². The maximum atomic E-state index is 12.6. The number of halogens is 1. The molecule has 3 aromatic rings. The maximum absolute atomic E-state index is 12.6. The number of hydrogen-bond donors (Lipinski definition) is 1. The van der Waals surface area contributed by atoms with Crippen LogP contribution in [0.25, 0.3) is 11.3 Å². The lowest BCUT2D eigenvalue weighted by Gasteiger charge is -2.12. The highest BCUT2D eigenvalue weighted by Gasteiger charge is 2.18. The summed E-state index contributed by atoms with van der Waals surface area (Å²) in [5, 5.41) is 0.113. The molecule has 1 N–H and O–H groups in total. The lowest BCUT2D eigenvalue weighted by molar-refractivity contribution is 0.112. The number of aromatic nitrogens is 2. The third-order valence-electron chi connectivity index (χ3n) is 3.96. The van der Waals surface area contributed by atoms with E-state index in [1.54, 1.807) is 6.07 Å². The third kappa shape index (κ3) is 4.15. The SMILES string of the molecule is Cc1cccc(C)c1-c1cc(Cl)nc(NS(=O)(=O)c2cccc(C=O)c2)n1. The number of anilines is 1. The van der Waals surface area contributed by atoms with E-state index in [9.17, 15) is 13.2 Å². The van der Waals surface area contributed by atoms with Gasteiger partial charge in [0.15, 0.2) is 0 Å². The molecular formula is C19H16ClN3O3S. The molecule has 0 aliphatic rings. The van der Waals surface area contributed by atoms with Crippen molar-refractivity contribution in [1.82, 2.24) is 9.97 Å². The van der Waals surface area contributed by atoms with Crippen molar-refractivity contribution >= 4 is 33.9 Å². The van der Waals surface area contributed by atoms with E-state index in [1.807, 2.05) is 32.0 Å². The molecule has 0 aliphatic carbocycles. The van der Waals surface area contributed by atoms with Gasteiger partial charge in [-0.15, -0.1) is 0 Å². The first kappa shape index (κ1) is 19.0. The highest BCUT2D eigenvalue weighted by molar-refractivity contribution is 7.92. The molecule has 0 atom stereocenters. The van der Waals surface area contributed by atoms with Crippen LogP contribution in [0.15, 0.2) is 53.4 Å². The molecule has 0 aliphatic heterocycles. The van der Waals surface area contributed by atoms with Crippen LogP contribution in [-0.4, -0.2) is 24.7 Å². The van der Waals surface area contributed by atoms with Crippen LogP contribution in [0.2, 0.25) is 5.15 Å². The van der Waals surface area contributed by atoms with E-state index in [4.69, 9.17) is 11.6 Å². The van der Waals surface area contributed by atoms with E-state index in [-0.39, 0.29) is 21.6 Å². The van der Waals surface area contributed by atoms with Gasteiger partial charge >= 0.3 is 0 Å². The zero-order valence-electron chi connectivity index (χ0n) is 14.6. The molecule has 2 aromatic carbocycles. The van der Waals surface area contributed by atoms with E-state index in [0.29, 0.717) is 12.0 Å². The van der Waals surface area contributed by atoms with Crippen molar-refractivity contribution in [2.24, 2.45) is 0 Å². The van der Waals surface area contributed by atoms with Crippen molar-refractivity contribution in [3.8, 4) is 11.3 Å². The van der Waals surface area contributed by atoms with E-state index >= 15 is 0 Å². The number of aryl methyl sites for hydroxylation is 2. The van der Waals surface area contributed by atoms with Gasteiger partial charge in [0.25, 0.3) is 10.0 Å². The van der Waals surface area contributed by atoms with Crippen LogP contribution >= 0.6 is 11.6 Å². The molecule has 8 heteroatoms. The molecule has 0 spiro atoms. The predicted molar refractivity (Wildman–Crippen MR) is 105 cm³/mol. The predicted octanol–water partition coefficient (Wildman–Crippen LogP) is 4.03. The minimum Gasteiger partial charge on any atom is -0.298 e. The Bertz CT molecular complexity index is 1110. The summed E-state index contributed by atoms with van der Waals surface area (Å²) in [5.74, 6) is -0.142. The van der Waals surface area contributed by atoms with E-state index in [2.05, 4.69) is 14.7 Å². The second-order valence-corrected chi connectivity index (χ2v) is 8.03. The van der Waals surface area contributed by atoms with Crippen LogP contribution < -0.4 is 4.72 Å². The van der Waals surface area contributed by atoms with Gasteiger partial charge < -0.3 is 0 Å². The van der Waals surface area contributed by atoms with Crippen LogP contribution in [0.4, 0.5) is 5.95 Å². The van der Waals surface area contributed by atoms with Crippen molar-refractivity contribution in [2.75, 3.05) is 4.72 Å². The van der Waals surface area contributed by atoms with Gasteiger partial charge in [0.1, 0.15) is 11.4 Å². The molecule has 1 heterocycles. The van der Waals surface area contributed by atoms with Crippen molar-refractivity contribution in [1.29, 1.82) is 0 Å². The zero-order chi connectivity index (χ0) is 19.6. The molecule has 0 fully saturated rings. The topological polar surface area (TPSA) is 89.0 Å². The molecule has 138 valence electrons. The number of hydrogen-bond acceptors (Lipinski definition) is 5. The lowest BCUT2D eigenvalue weighted by Crippen LogP contribution is -2.15. The molecule has 0 radical (unpaired) electrons. The smallest absolute Gasteiger partial charge is 0.264 e. The Morgan fingerprint density at radius 2 is 1.67 bits per heavy atom. The average Bonchev–Trinajstić information content (AvgIpc) is 2.61. The molecule has 3 rings (SSSR count). The van der Waals surface area contributed by atoms with Gasteiger partial charge in [-0.1, -0.05) is 41.9 Å². The quantitative estimate of drug-likeness (QED) is 0.515. The van der Waals surface area contributed by atoms with Crippen molar-refractivity contribution in [2.45, 2.75) is 18.7 Å². The van der Waals surface area contributed by atoms with E-state index in [1.165, 1.54) is 24.3 Å². The molecule has 6 nitrogen and oxygen atoms in total. The van der Waals surface area contributed by atoms with Crippen LogP contribution in [0, 0.1) is 13.8 Å². The molecule has 1 aromatic heterocycles. The number of carbonyl (C=O) groups is 1. The fourth-order valence-corrected chi connectivity index (χ4v) is 3.93. The number of rotatable bonds is 5. The summed E-state index contributed by atoms with van der Waals surface area (Å²) in [7, 11) is -3.97. The number of carbonyl (C=O) groups excluding carboxylic acids is 1. The minimum absolute atomic E-state index is 0.0655. The fraction of sp³-hybridized carbons (Fsp3) is 0.105. The molecule has 0 saturated carbocycles. The largest absolute Gasteiger partial charge is 0.298 e. The van der Waals surface area contributed by atoms with Crippen LogP contribution in [0.3, 0.4) is 0 Å². The Morgan fingerprint density at radius 3 is 2.33 bits per heavy atom. The minimum atomic E-state index is -3.97. The Morgan fingerprint density at radius 1 is 1.00 bits per heavy atom. The summed E-state index contributed by atoms with van der Waals surface area (Å²) in [6.07, 6.45) is 0.577. The van der Waals surface area contributed by atoms with Gasteiger partial charge in [-0.25, -0.2) is 23.1 Å². The monoisotopic (exact) mass is 401 g/mol. The number of sulfonamides is 1. The molecule has 0 unspecified atom stereocenters. The summed E-state index contributed by atoms with van der Waals surface area (Å²) in [6, 6.07) is 13.0. The lowest BCUT2D eigenvalue weighted by atomic mass is 10.00. The van der Waals surface area contributed by atoms with Gasteiger partial charge in [0.05, 0.1) is 10.6 Å². The normalized spacial score (nSPS) is 11.2. The van der Waals surface area contributed by atoms with E-state index in [0.717, 1.165) is 16.7 Å². The maximum Gasteiger partial charge on any atom is 0.264 e. The molecule has 0 bridgehead atoms. The summed E-state index contributed by atoms with van der Waals surface area (Å²) >= 11 is 6.09. The van der Waals surface area contributed by atoms with Gasteiger partial charge in [-0.2, -0.15) is 0 Å². The molecule has 0 amide bonds. The molecule has 0 saturated heterocycles. The fourth-order valence-electron chi connectivity index (χ4n) is 2.74. The number of aldehydes is 1. The molecular weight excluding hydrogens is 386 g/mol. The average molecular weight is 402 g/mol. The number of benzene rings is 2. The Hall–Kier alpha value is -2.77. The second kappa shape index (κ2) is 7.46. The summed E-state index contributed by atoms with van der Waals surface area (Å²) < 4.78 is 27.6. The highest BCUT2D eigenvalue weighted by Crippen LogP contribution is 2.28. The summed E-state index contributed by atoms with van der Waals surface area (Å²) in [4.78, 5) is 19.1. The Kier molecular flexibility index (Phi) is 5.25. The zero-order valence-corrected chi connectivity index (χ0v) is 16.2. The molecule has 27 heavy (non-hydrogen) atoms.